The highest BCUT2D eigenvalue weighted by atomic mass is 32.2. The van der Waals surface area contributed by atoms with Gasteiger partial charge in [0.25, 0.3) is 0 Å². The van der Waals surface area contributed by atoms with E-state index < -0.39 is 16.1 Å². The Balaban J connectivity index is 1.75. The highest BCUT2D eigenvalue weighted by molar-refractivity contribution is 7.89. The molecule has 3 unspecified atom stereocenters. The molecule has 1 amide bonds. The van der Waals surface area contributed by atoms with Crippen LogP contribution in [0, 0.1) is 18.8 Å². The van der Waals surface area contributed by atoms with E-state index in [-0.39, 0.29) is 16.8 Å². The van der Waals surface area contributed by atoms with Crippen LogP contribution in [0.25, 0.3) is 0 Å². The predicted octanol–water partition coefficient (Wildman–Crippen LogP) is 3.09. The average molecular weight is 379 g/mol. The van der Waals surface area contributed by atoms with Crippen LogP contribution in [0.3, 0.4) is 0 Å². The smallest absolute Gasteiger partial charge is 0.243 e. The summed E-state index contributed by atoms with van der Waals surface area (Å²) in [5, 5.41) is 3.16. The first-order chi connectivity index (χ1) is 12.3. The molecule has 0 bridgehead atoms. The van der Waals surface area contributed by atoms with Gasteiger partial charge < -0.3 is 5.32 Å². The van der Waals surface area contributed by atoms with Crippen molar-refractivity contribution in [3.8, 4) is 0 Å². The zero-order chi connectivity index (χ0) is 18.9. The summed E-state index contributed by atoms with van der Waals surface area (Å²) in [5.74, 6) is 0.880. The number of hydrogen-bond donors (Lipinski definition) is 1. The van der Waals surface area contributed by atoms with E-state index in [0.29, 0.717) is 24.8 Å². The third kappa shape index (κ3) is 3.81. The first kappa shape index (κ1) is 19.4. The van der Waals surface area contributed by atoms with Crippen molar-refractivity contribution >= 4 is 15.9 Å². The van der Waals surface area contributed by atoms with Gasteiger partial charge in [-0.15, -0.1) is 0 Å². The topological polar surface area (TPSA) is 66.5 Å². The minimum atomic E-state index is -3.64. The van der Waals surface area contributed by atoms with Crippen molar-refractivity contribution in [2.45, 2.75) is 69.9 Å². The Morgan fingerprint density at radius 3 is 2.46 bits per heavy atom. The second-order valence-corrected chi connectivity index (χ2v) is 9.86. The minimum Gasteiger partial charge on any atom is -0.352 e. The van der Waals surface area contributed by atoms with Gasteiger partial charge in [-0.05, 0) is 50.2 Å². The molecule has 6 heteroatoms. The lowest BCUT2D eigenvalue weighted by Crippen LogP contribution is -2.51. The highest BCUT2D eigenvalue weighted by Gasteiger charge is 2.40. The summed E-state index contributed by atoms with van der Waals surface area (Å²) in [7, 11) is -3.64. The molecule has 5 nitrogen and oxygen atoms in total. The molecule has 2 fully saturated rings. The zero-order valence-corrected chi connectivity index (χ0v) is 16.8. The second-order valence-electron chi connectivity index (χ2n) is 7.97. The van der Waals surface area contributed by atoms with E-state index in [9.17, 15) is 13.2 Å². The van der Waals surface area contributed by atoms with Crippen molar-refractivity contribution in [3.63, 3.8) is 0 Å². The first-order valence-corrected chi connectivity index (χ1v) is 11.1. The van der Waals surface area contributed by atoms with E-state index in [1.807, 2.05) is 6.92 Å². The minimum absolute atomic E-state index is 0.135. The van der Waals surface area contributed by atoms with E-state index in [1.54, 1.807) is 24.3 Å². The van der Waals surface area contributed by atoms with E-state index in [2.05, 4.69) is 19.2 Å². The van der Waals surface area contributed by atoms with Crippen LogP contribution in [0.1, 0.15) is 51.5 Å². The molecule has 0 aromatic heterocycles. The van der Waals surface area contributed by atoms with Gasteiger partial charge in [-0.25, -0.2) is 8.42 Å². The van der Waals surface area contributed by atoms with Crippen LogP contribution in [0.5, 0.6) is 0 Å². The van der Waals surface area contributed by atoms with E-state index >= 15 is 0 Å². The lowest BCUT2D eigenvalue weighted by molar-refractivity contribution is -0.125. The van der Waals surface area contributed by atoms with Gasteiger partial charge in [-0.1, -0.05) is 44.4 Å². The number of benzene rings is 1. The Hall–Kier alpha value is -1.40. The molecule has 1 saturated carbocycles. The Morgan fingerprint density at radius 2 is 1.77 bits per heavy atom. The third-order valence-electron chi connectivity index (χ3n) is 6.17. The molecule has 1 saturated heterocycles. The van der Waals surface area contributed by atoms with E-state index in [0.717, 1.165) is 24.8 Å². The molecule has 1 N–H and O–H groups in total. The van der Waals surface area contributed by atoms with Crippen LogP contribution in [0.2, 0.25) is 0 Å². The maximum Gasteiger partial charge on any atom is 0.243 e. The van der Waals surface area contributed by atoms with Gasteiger partial charge in [0.1, 0.15) is 6.04 Å². The molecule has 1 heterocycles. The number of amides is 1. The molecule has 0 spiro atoms. The Labute approximate surface area is 157 Å². The molecule has 144 valence electrons. The Morgan fingerprint density at radius 1 is 1.08 bits per heavy atom. The quantitative estimate of drug-likeness (QED) is 0.875. The van der Waals surface area contributed by atoms with Crippen LogP contribution in [-0.4, -0.2) is 37.3 Å². The van der Waals surface area contributed by atoms with Gasteiger partial charge in [0.15, 0.2) is 0 Å². The fourth-order valence-corrected chi connectivity index (χ4v) is 5.86. The fourth-order valence-electron chi connectivity index (χ4n) is 4.20. The summed E-state index contributed by atoms with van der Waals surface area (Å²) in [6.07, 6.45) is 4.61. The lowest BCUT2D eigenvalue weighted by atomic mass is 9.78. The summed E-state index contributed by atoms with van der Waals surface area (Å²) < 4.78 is 27.4. The first-order valence-electron chi connectivity index (χ1n) is 9.69. The maximum absolute atomic E-state index is 13.0. The number of nitrogens with one attached hydrogen (secondary N) is 1. The van der Waals surface area contributed by atoms with E-state index in [1.165, 1.54) is 10.7 Å². The monoisotopic (exact) mass is 378 g/mol. The molecule has 1 aliphatic heterocycles. The normalized spacial score (nSPS) is 30.3. The molecular formula is C20H30N2O3S. The van der Waals surface area contributed by atoms with Crippen LogP contribution in [0.15, 0.2) is 29.2 Å². The number of carbonyl (C=O) groups excluding carboxylic acids is 1. The molecular weight excluding hydrogens is 348 g/mol. The van der Waals surface area contributed by atoms with Crippen molar-refractivity contribution in [2.24, 2.45) is 11.8 Å². The number of rotatable bonds is 4. The molecule has 1 aromatic carbocycles. The van der Waals surface area contributed by atoms with Gasteiger partial charge in [0.05, 0.1) is 4.90 Å². The molecule has 26 heavy (non-hydrogen) atoms. The number of hydrogen-bond acceptors (Lipinski definition) is 3. The standard InChI is InChI=1S/C20H30N2O3S/c1-14-9-11-17(12-10-14)26(24,25)22-13-5-8-19(22)20(23)21-18-7-4-6-15(2)16(18)3/h9-12,15-16,18-19H,4-8,13H2,1-3H3,(H,21,23)/t15?,16?,18?,19-/m0/s1. The van der Waals surface area contributed by atoms with Crippen molar-refractivity contribution in [1.29, 1.82) is 0 Å². The molecule has 3 rings (SSSR count). The summed E-state index contributed by atoms with van der Waals surface area (Å²) in [6.45, 7) is 6.75. The third-order valence-corrected chi connectivity index (χ3v) is 8.09. The molecule has 2 aliphatic rings. The van der Waals surface area contributed by atoms with Crippen molar-refractivity contribution in [3.05, 3.63) is 29.8 Å². The molecule has 1 aliphatic carbocycles. The molecule has 0 radical (unpaired) electrons. The Kier molecular flexibility index (Phi) is 5.72. The van der Waals surface area contributed by atoms with Gasteiger partial charge in [-0.2, -0.15) is 4.31 Å². The average Bonchev–Trinajstić information content (AvgIpc) is 3.10. The summed E-state index contributed by atoms with van der Waals surface area (Å²) >= 11 is 0. The van der Waals surface area contributed by atoms with Crippen LogP contribution >= 0.6 is 0 Å². The SMILES string of the molecule is Cc1ccc(S(=O)(=O)N2CCC[C@H]2C(=O)NC2CCCC(C)C2C)cc1. The fraction of sp³-hybridized carbons (Fsp3) is 0.650. The molecule has 4 atom stereocenters. The van der Waals surface area contributed by atoms with Crippen LogP contribution in [-0.2, 0) is 14.8 Å². The van der Waals surface area contributed by atoms with Crippen molar-refractivity contribution < 1.29 is 13.2 Å². The largest absolute Gasteiger partial charge is 0.352 e. The van der Waals surface area contributed by atoms with Crippen LogP contribution in [0.4, 0.5) is 0 Å². The maximum atomic E-state index is 13.0. The number of nitrogens with zero attached hydrogens (tertiary/aromatic N) is 1. The number of sulfonamides is 1. The Bertz CT molecular complexity index is 745. The summed E-state index contributed by atoms with van der Waals surface area (Å²) in [4.78, 5) is 13.2. The van der Waals surface area contributed by atoms with Crippen molar-refractivity contribution in [1.82, 2.24) is 9.62 Å². The van der Waals surface area contributed by atoms with Crippen LogP contribution < -0.4 is 5.32 Å². The predicted molar refractivity (Wildman–Crippen MR) is 102 cm³/mol. The van der Waals surface area contributed by atoms with Gasteiger partial charge in [-0.3, -0.25) is 4.79 Å². The van der Waals surface area contributed by atoms with Gasteiger partial charge >= 0.3 is 0 Å². The summed E-state index contributed by atoms with van der Waals surface area (Å²) in [5.41, 5.74) is 1.01. The van der Waals surface area contributed by atoms with Gasteiger partial charge in [0.2, 0.25) is 15.9 Å². The number of aryl methyl sites for hydroxylation is 1. The molecule has 1 aromatic rings. The number of carbonyl (C=O) groups is 1. The zero-order valence-electron chi connectivity index (χ0n) is 15.9. The lowest BCUT2D eigenvalue weighted by Gasteiger charge is -2.35. The summed E-state index contributed by atoms with van der Waals surface area (Å²) in [6, 6.07) is 6.40. The second kappa shape index (κ2) is 7.69. The van der Waals surface area contributed by atoms with E-state index in [4.69, 9.17) is 0 Å². The van der Waals surface area contributed by atoms with Crippen molar-refractivity contribution in [2.75, 3.05) is 6.54 Å². The highest BCUT2D eigenvalue weighted by Crippen LogP contribution is 2.31. The van der Waals surface area contributed by atoms with Gasteiger partial charge in [0, 0.05) is 12.6 Å².